The second-order valence-electron chi connectivity index (χ2n) is 1.99. The molecule has 0 aromatic heterocycles. The number of rotatable bonds is 4. The first-order chi connectivity index (χ1) is 4.45. The molecule has 60 valence electrons. The molecule has 0 aliphatic heterocycles. The predicted octanol–water partition coefficient (Wildman–Crippen LogP) is 0.0286. The number of hydrogen-bond acceptors (Lipinski definition) is 3. The van der Waals surface area contributed by atoms with Crippen LogP contribution in [0.3, 0.4) is 0 Å². The monoisotopic (exact) mass is 165 g/mol. The normalized spacial score (nSPS) is 14.6. The first kappa shape index (κ1) is 9.61. The lowest BCUT2D eigenvalue weighted by molar-refractivity contribution is 0.289. The lowest BCUT2D eigenvalue weighted by Crippen LogP contribution is -2.18. The molecule has 0 aromatic carbocycles. The van der Waals surface area contributed by atoms with Crippen LogP contribution < -0.4 is 5.14 Å². The van der Waals surface area contributed by atoms with Crippen molar-refractivity contribution in [1.29, 1.82) is 0 Å². The van der Waals surface area contributed by atoms with Gasteiger partial charge < -0.3 is 0 Å². The largest absolute Gasteiger partial charge is 0.333 e. The summed E-state index contributed by atoms with van der Waals surface area (Å²) in [5, 5.41) is 4.55. The van der Waals surface area contributed by atoms with Gasteiger partial charge in [0.25, 0.3) is 0 Å². The van der Waals surface area contributed by atoms with Gasteiger partial charge in [-0.05, 0) is 5.92 Å². The minimum Gasteiger partial charge on any atom is -0.258 e. The van der Waals surface area contributed by atoms with E-state index >= 15 is 0 Å². The van der Waals surface area contributed by atoms with Crippen LogP contribution in [-0.2, 0) is 14.5 Å². The molecule has 0 aliphatic rings. The topological polar surface area (TPSA) is 69.4 Å². The second kappa shape index (κ2) is 3.70. The highest BCUT2D eigenvalue weighted by Crippen LogP contribution is 1.97. The average Bonchev–Trinajstić information content (AvgIpc) is 1.81. The maximum Gasteiger partial charge on any atom is 0.333 e. The van der Waals surface area contributed by atoms with E-state index in [2.05, 4.69) is 15.9 Å². The molecule has 4 nitrogen and oxygen atoms in total. The Morgan fingerprint density at radius 1 is 1.80 bits per heavy atom. The molecule has 0 heterocycles. The Labute approximate surface area is 60.9 Å². The third-order valence-electron chi connectivity index (χ3n) is 0.898. The Bertz CT molecular complexity index is 197. The van der Waals surface area contributed by atoms with Crippen molar-refractivity contribution in [2.45, 2.75) is 6.92 Å². The minimum absolute atomic E-state index is 0.00155. The SMILES string of the molecule is C=C[C@@H](C)COS(N)(=O)=O. The molecule has 0 bridgehead atoms. The van der Waals surface area contributed by atoms with E-state index in [0.717, 1.165) is 0 Å². The van der Waals surface area contributed by atoms with Crippen LogP contribution in [-0.4, -0.2) is 15.0 Å². The van der Waals surface area contributed by atoms with Gasteiger partial charge in [0, 0.05) is 0 Å². The standard InChI is InChI=1S/C5H11NO3S/c1-3-5(2)4-9-10(6,7)8/h3,5H,1,4H2,2H3,(H2,6,7,8)/t5-/m1/s1. The molecule has 0 unspecified atom stereocenters. The molecule has 0 radical (unpaired) electrons. The van der Waals surface area contributed by atoms with Gasteiger partial charge in [-0.1, -0.05) is 13.0 Å². The molecule has 0 fully saturated rings. The van der Waals surface area contributed by atoms with Crippen LogP contribution in [0.15, 0.2) is 12.7 Å². The fourth-order valence-electron chi connectivity index (χ4n) is 0.270. The van der Waals surface area contributed by atoms with Gasteiger partial charge in [0.2, 0.25) is 0 Å². The van der Waals surface area contributed by atoms with Gasteiger partial charge in [0.1, 0.15) is 0 Å². The minimum atomic E-state index is -3.78. The van der Waals surface area contributed by atoms with E-state index < -0.39 is 10.3 Å². The van der Waals surface area contributed by atoms with Crippen LogP contribution in [0.4, 0.5) is 0 Å². The zero-order valence-corrected chi connectivity index (χ0v) is 6.60. The maximum absolute atomic E-state index is 10.2. The van der Waals surface area contributed by atoms with Crippen molar-refractivity contribution in [3.05, 3.63) is 12.7 Å². The van der Waals surface area contributed by atoms with E-state index in [0.29, 0.717) is 0 Å². The summed E-state index contributed by atoms with van der Waals surface area (Å²) in [6, 6.07) is 0. The summed E-state index contributed by atoms with van der Waals surface area (Å²) in [4.78, 5) is 0. The second-order valence-corrected chi connectivity index (χ2v) is 3.21. The van der Waals surface area contributed by atoms with E-state index in [1.54, 1.807) is 13.0 Å². The summed E-state index contributed by atoms with van der Waals surface area (Å²) in [5.41, 5.74) is 0. The van der Waals surface area contributed by atoms with Gasteiger partial charge in [0.05, 0.1) is 6.61 Å². The summed E-state index contributed by atoms with van der Waals surface area (Å²) in [6.07, 6.45) is 1.59. The zero-order chi connectivity index (χ0) is 8.20. The molecular formula is C5H11NO3S. The summed E-state index contributed by atoms with van der Waals surface area (Å²) in [7, 11) is -3.78. The molecule has 0 saturated heterocycles. The van der Waals surface area contributed by atoms with Crippen molar-refractivity contribution in [3.8, 4) is 0 Å². The van der Waals surface area contributed by atoms with E-state index in [-0.39, 0.29) is 12.5 Å². The zero-order valence-electron chi connectivity index (χ0n) is 5.78. The highest BCUT2D eigenvalue weighted by molar-refractivity contribution is 7.84. The average molecular weight is 165 g/mol. The lowest BCUT2D eigenvalue weighted by atomic mass is 10.2. The summed E-state index contributed by atoms with van der Waals surface area (Å²) >= 11 is 0. The van der Waals surface area contributed by atoms with Crippen LogP contribution in [0.1, 0.15) is 6.92 Å². The van der Waals surface area contributed by atoms with E-state index in [4.69, 9.17) is 0 Å². The van der Waals surface area contributed by atoms with Crippen molar-refractivity contribution in [2.24, 2.45) is 11.1 Å². The van der Waals surface area contributed by atoms with Crippen molar-refractivity contribution >= 4 is 10.3 Å². The molecule has 0 rings (SSSR count). The summed E-state index contributed by atoms with van der Waals surface area (Å²) in [5.74, 6) is -0.00155. The Hall–Kier alpha value is -0.390. The Morgan fingerprint density at radius 2 is 2.30 bits per heavy atom. The van der Waals surface area contributed by atoms with Crippen LogP contribution in [0.25, 0.3) is 0 Å². The molecule has 2 N–H and O–H groups in total. The first-order valence-corrected chi connectivity index (χ1v) is 4.22. The Morgan fingerprint density at radius 3 is 2.60 bits per heavy atom. The molecule has 0 spiro atoms. The Kier molecular flexibility index (Phi) is 3.55. The quantitative estimate of drug-likeness (QED) is 0.597. The van der Waals surface area contributed by atoms with Crippen LogP contribution in [0.2, 0.25) is 0 Å². The Balaban J connectivity index is 3.66. The molecule has 0 amide bonds. The van der Waals surface area contributed by atoms with Gasteiger partial charge in [-0.3, -0.25) is 4.18 Å². The molecule has 10 heavy (non-hydrogen) atoms. The molecule has 0 saturated carbocycles. The molecule has 0 aliphatic carbocycles. The summed E-state index contributed by atoms with van der Waals surface area (Å²) < 4.78 is 24.6. The molecule has 0 aromatic rings. The van der Waals surface area contributed by atoms with Crippen LogP contribution >= 0.6 is 0 Å². The molecule has 1 atom stereocenters. The van der Waals surface area contributed by atoms with Crippen LogP contribution in [0, 0.1) is 5.92 Å². The van der Waals surface area contributed by atoms with E-state index in [1.807, 2.05) is 0 Å². The van der Waals surface area contributed by atoms with Crippen LogP contribution in [0.5, 0.6) is 0 Å². The smallest absolute Gasteiger partial charge is 0.258 e. The highest BCUT2D eigenvalue weighted by Gasteiger charge is 2.03. The van der Waals surface area contributed by atoms with E-state index in [1.165, 1.54) is 0 Å². The van der Waals surface area contributed by atoms with Gasteiger partial charge >= 0.3 is 10.3 Å². The predicted molar refractivity (Wildman–Crippen MR) is 38.4 cm³/mol. The highest BCUT2D eigenvalue weighted by atomic mass is 32.2. The van der Waals surface area contributed by atoms with Gasteiger partial charge in [-0.15, -0.1) is 6.58 Å². The maximum atomic E-state index is 10.2. The molecular weight excluding hydrogens is 154 g/mol. The van der Waals surface area contributed by atoms with Gasteiger partial charge in [-0.25, -0.2) is 5.14 Å². The first-order valence-electron chi connectivity index (χ1n) is 2.75. The fraction of sp³-hybridized carbons (Fsp3) is 0.600. The number of hydrogen-bond donors (Lipinski definition) is 1. The molecule has 5 heteroatoms. The van der Waals surface area contributed by atoms with Crippen molar-refractivity contribution in [2.75, 3.05) is 6.61 Å². The lowest BCUT2D eigenvalue weighted by Gasteiger charge is -2.03. The third kappa shape index (κ3) is 5.74. The van der Waals surface area contributed by atoms with Crippen molar-refractivity contribution < 1.29 is 12.6 Å². The van der Waals surface area contributed by atoms with Gasteiger partial charge in [-0.2, -0.15) is 8.42 Å². The number of nitrogens with two attached hydrogens (primary N) is 1. The van der Waals surface area contributed by atoms with Crippen molar-refractivity contribution in [1.82, 2.24) is 0 Å². The fourth-order valence-corrected chi connectivity index (χ4v) is 0.675. The van der Waals surface area contributed by atoms with Gasteiger partial charge in [0.15, 0.2) is 0 Å². The third-order valence-corrected chi connectivity index (χ3v) is 1.36. The van der Waals surface area contributed by atoms with Crippen molar-refractivity contribution in [3.63, 3.8) is 0 Å². The summed E-state index contributed by atoms with van der Waals surface area (Å²) in [6.45, 7) is 5.28. The van der Waals surface area contributed by atoms with E-state index in [9.17, 15) is 8.42 Å².